The van der Waals surface area contributed by atoms with E-state index in [1.165, 1.54) is 31.2 Å². The van der Waals surface area contributed by atoms with E-state index in [1.54, 1.807) is 43.5 Å². The lowest BCUT2D eigenvalue weighted by atomic mass is 10.1. The number of benzene rings is 3. The van der Waals surface area contributed by atoms with Crippen molar-refractivity contribution in [2.45, 2.75) is 18.4 Å². The average molecular weight is 498 g/mol. The van der Waals surface area contributed by atoms with E-state index in [1.807, 2.05) is 12.1 Å². The zero-order valence-corrected chi connectivity index (χ0v) is 20.2. The number of hydrogen-bond acceptors (Lipinski definition) is 6. The van der Waals surface area contributed by atoms with Crippen LogP contribution in [-0.2, 0) is 21.4 Å². The number of carbonyl (C=O) groups excluding carboxylic acids is 2. The first-order valence-electron chi connectivity index (χ1n) is 10.8. The average Bonchev–Trinajstić information content (AvgIpc) is 2.86. The summed E-state index contributed by atoms with van der Waals surface area (Å²) >= 11 is 0. The van der Waals surface area contributed by atoms with Crippen LogP contribution < -0.4 is 24.8 Å². The van der Waals surface area contributed by atoms with Crippen LogP contribution in [0.25, 0.3) is 0 Å². The van der Waals surface area contributed by atoms with Crippen LogP contribution in [0.4, 0.5) is 5.69 Å². The number of sulfonamides is 1. The third kappa shape index (κ3) is 7.83. The minimum atomic E-state index is -3.74. The van der Waals surface area contributed by atoms with Crippen LogP contribution in [0.1, 0.15) is 22.8 Å². The second-order valence-electron chi connectivity index (χ2n) is 7.51. The molecule has 0 heterocycles. The number of hydrogen-bond donors (Lipinski definition) is 3. The van der Waals surface area contributed by atoms with Gasteiger partial charge in [-0.25, -0.2) is 13.1 Å². The SMILES string of the molecule is COc1cccc(OCCNC(=O)c2ccc(CNS(=O)(=O)c3ccc(NC(C)=O)cc3)cc2)c1. The zero-order valence-electron chi connectivity index (χ0n) is 19.4. The molecule has 0 saturated heterocycles. The molecule has 0 radical (unpaired) electrons. The normalized spacial score (nSPS) is 10.9. The van der Waals surface area contributed by atoms with Crippen LogP contribution in [-0.4, -0.2) is 40.5 Å². The fourth-order valence-corrected chi connectivity index (χ4v) is 4.10. The molecule has 3 N–H and O–H groups in total. The van der Waals surface area contributed by atoms with E-state index < -0.39 is 10.0 Å². The molecular weight excluding hydrogens is 470 g/mol. The van der Waals surface area contributed by atoms with Crippen molar-refractivity contribution in [3.8, 4) is 11.5 Å². The number of ether oxygens (including phenoxy) is 2. The monoisotopic (exact) mass is 497 g/mol. The van der Waals surface area contributed by atoms with Crippen molar-refractivity contribution in [2.75, 3.05) is 25.6 Å². The van der Waals surface area contributed by atoms with Gasteiger partial charge in [-0.1, -0.05) is 18.2 Å². The van der Waals surface area contributed by atoms with Crippen LogP contribution in [0.5, 0.6) is 11.5 Å². The van der Waals surface area contributed by atoms with Gasteiger partial charge in [0.25, 0.3) is 5.91 Å². The topological polar surface area (TPSA) is 123 Å². The van der Waals surface area contributed by atoms with Crippen LogP contribution in [0.15, 0.2) is 77.7 Å². The molecule has 0 unspecified atom stereocenters. The van der Waals surface area contributed by atoms with E-state index in [0.29, 0.717) is 41.5 Å². The van der Waals surface area contributed by atoms with Crippen LogP contribution in [0, 0.1) is 0 Å². The van der Waals surface area contributed by atoms with Crippen molar-refractivity contribution < 1.29 is 27.5 Å². The Morgan fingerprint density at radius 3 is 2.26 bits per heavy atom. The Bertz CT molecular complexity index is 1260. The van der Waals surface area contributed by atoms with E-state index in [4.69, 9.17) is 9.47 Å². The Balaban J connectivity index is 1.46. The summed E-state index contributed by atoms with van der Waals surface area (Å²) in [6.07, 6.45) is 0. The van der Waals surface area contributed by atoms with Crippen molar-refractivity contribution in [3.63, 3.8) is 0 Å². The smallest absolute Gasteiger partial charge is 0.251 e. The van der Waals surface area contributed by atoms with E-state index in [9.17, 15) is 18.0 Å². The van der Waals surface area contributed by atoms with Crippen molar-refractivity contribution in [3.05, 3.63) is 83.9 Å². The van der Waals surface area contributed by atoms with Crippen molar-refractivity contribution >= 4 is 27.5 Å². The Labute approximate surface area is 204 Å². The molecule has 184 valence electrons. The molecule has 9 nitrogen and oxygen atoms in total. The van der Waals surface area contributed by atoms with Gasteiger partial charge in [0.15, 0.2) is 0 Å². The maximum absolute atomic E-state index is 12.5. The lowest BCUT2D eigenvalue weighted by Crippen LogP contribution is -2.28. The summed E-state index contributed by atoms with van der Waals surface area (Å²) in [5.74, 6) is 0.839. The van der Waals surface area contributed by atoms with Crippen molar-refractivity contribution in [2.24, 2.45) is 0 Å². The molecule has 0 aromatic heterocycles. The number of methoxy groups -OCH3 is 1. The quantitative estimate of drug-likeness (QED) is 0.350. The predicted octanol–water partition coefficient (Wildman–Crippen LogP) is 2.94. The number of carbonyl (C=O) groups is 2. The predicted molar refractivity (Wildman–Crippen MR) is 132 cm³/mol. The zero-order chi connectivity index (χ0) is 25.3. The number of nitrogens with one attached hydrogen (secondary N) is 3. The van der Waals surface area contributed by atoms with Crippen LogP contribution in [0.3, 0.4) is 0 Å². The van der Waals surface area contributed by atoms with Gasteiger partial charge in [0, 0.05) is 30.8 Å². The van der Waals surface area contributed by atoms with E-state index in [-0.39, 0.29) is 23.3 Å². The lowest BCUT2D eigenvalue weighted by Gasteiger charge is -2.10. The van der Waals surface area contributed by atoms with Gasteiger partial charge in [-0.2, -0.15) is 0 Å². The first kappa shape index (κ1) is 25.7. The number of anilines is 1. The van der Waals surface area contributed by atoms with Crippen LogP contribution in [0.2, 0.25) is 0 Å². The lowest BCUT2D eigenvalue weighted by molar-refractivity contribution is -0.114. The third-order valence-corrected chi connectivity index (χ3v) is 6.28. The summed E-state index contributed by atoms with van der Waals surface area (Å²) in [5, 5.41) is 5.36. The van der Waals surface area contributed by atoms with Gasteiger partial charge in [0.05, 0.1) is 18.6 Å². The summed E-state index contributed by atoms with van der Waals surface area (Å²) in [6, 6.07) is 19.7. The second-order valence-corrected chi connectivity index (χ2v) is 9.28. The molecule has 35 heavy (non-hydrogen) atoms. The molecule has 2 amide bonds. The molecule has 0 fully saturated rings. The van der Waals surface area contributed by atoms with Crippen molar-refractivity contribution in [1.29, 1.82) is 0 Å². The van der Waals surface area contributed by atoms with Gasteiger partial charge in [-0.15, -0.1) is 0 Å². The molecule has 0 aliphatic heterocycles. The number of amides is 2. The molecule has 3 rings (SSSR count). The molecule has 10 heteroatoms. The highest BCUT2D eigenvalue weighted by Gasteiger charge is 2.14. The number of rotatable bonds is 11. The molecule has 0 bridgehead atoms. The first-order chi connectivity index (χ1) is 16.8. The summed E-state index contributed by atoms with van der Waals surface area (Å²) in [6.45, 7) is 2.05. The van der Waals surface area contributed by atoms with Gasteiger partial charge >= 0.3 is 0 Å². The Kier molecular flexibility index (Phi) is 8.82. The van der Waals surface area contributed by atoms with E-state index in [0.717, 1.165) is 0 Å². The third-order valence-electron chi connectivity index (χ3n) is 4.86. The maximum atomic E-state index is 12.5. The van der Waals surface area contributed by atoms with Gasteiger partial charge in [0.1, 0.15) is 18.1 Å². The first-order valence-corrected chi connectivity index (χ1v) is 12.3. The van der Waals surface area contributed by atoms with Gasteiger partial charge in [0.2, 0.25) is 15.9 Å². The Morgan fingerprint density at radius 2 is 1.60 bits per heavy atom. The highest BCUT2D eigenvalue weighted by Crippen LogP contribution is 2.18. The van der Waals surface area contributed by atoms with Gasteiger partial charge in [-0.05, 0) is 54.1 Å². The fraction of sp³-hybridized carbons (Fsp3) is 0.200. The molecule has 0 aliphatic carbocycles. The summed E-state index contributed by atoms with van der Waals surface area (Å²) in [7, 11) is -2.16. The Hall–Kier alpha value is -3.89. The highest BCUT2D eigenvalue weighted by atomic mass is 32.2. The minimum Gasteiger partial charge on any atom is -0.497 e. The fourth-order valence-electron chi connectivity index (χ4n) is 3.08. The minimum absolute atomic E-state index is 0.0616. The molecular formula is C25H27N3O6S. The molecule has 3 aromatic carbocycles. The van der Waals surface area contributed by atoms with E-state index >= 15 is 0 Å². The summed E-state index contributed by atoms with van der Waals surface area (Å²) in [5.41, 5.74) is 1.66. The van der Waals surface area contributed by atoms with Gasteiger partial charge < -0.3 is 20.1 Å². The molecule has 0 saturated carbocycles. The molecule has 0 atom stereocenters. The second kappa shape index (κ2) is 12.0. The maximum Gasteiger partial charge on any atom is 0.251 e. The summed E-state index contributed by atoms with van der Waals surface area (Å²) in [4.78, 5) is 23.5. The van der Waals surface area contributed by atoms with Crippen molar-refractivity contribution in [1.82, 2.24) is 10.0 Å². The van der Waals surface area contributed by atoms with E-state index in [2.05, 4.69) is 15.4 Å². The Morgan fingerprint density at radius 1 is 0.914 bits per heavy atom. The standard InChI is InChI=1S/C25H27N3O6S/c1-18(29)28-21-10-12-24(13-11-21)35(31,32)27-17-19-6-8-20(9-7-19)25(30)26-14-15-34-23-5-3-4-22(16-23)33-2/h3-13,16,27H,14-15,17H2,1-2H3,(H,26,30)(H,28,29). The molecule has 0 aliphatic rings. The largest absolute Gasteiger partial charge is 0.497 e. The molecule has 3 aromatic rings. The van der Waals surface area contributed by atoms with Gasteiger partial charge in [-0.3, -0.25) is 9.59 Å². The van der Waals surface area contributed by atoms with Crippen LogP contribution >= 0.6 is 0 Å². The molecule has 0 spiro atoms. The highest BCUT2D eigenvalue weighted by molar-refractivity contribution is 7.89. The summed E-state index contributed by atoms with van der Waals surface area (Å²) < 4.78 is 38.3.